The Kier molecular flexibility index (Phi) is 1.36. The van der Waals surface area contributed by atoms with Gasteiger partial charge < -0.3 is 0 Å². The van der Waals surface area contributed by atoms with Crippen LogP contribution in [0.25, 0.3) is 5.69 Å². The maximum absolute atomic E-state index is 13.0. The largest absolute Gasteiger partial charge is 0.352 e. The van der Waals surface area contributed by atoms with Gasteiger partial charge in [0.15, 0.2) is 0 Å². The van der Waals surface area contributed by atoms with Crippen LogP contribution < -0.4 is 11.4 Å². The van der Waals surface area contributed by atoms with Gasteiger partial charge in [-0.1, -0.05) is 18.2 Å². The summed E-state index contributed by atoms with van der Waals surface area (Å²) in [7, 11) is 0. The zero-order chi connectivity index (χ0) is 15.2. The van der Waals surface area contributed by atoms with E-state index in [2.05, 4.69) is 6.07 Å². The van der Waals surface area contributed by atoms with Gasteiger partial charge in [-0.05, 0) is 35.8 Å². The number of aromatic nitrogens is 3. The molecule has 2 aliphatic heterocycles. The van der Waals surface area contributed by atoms with Crippen LogP contribution in [0.5, 0.6) is 0 Å². The van der Waals surface area contributed by atoms with E-state index in [1.54, 1.807) is 21.5 Å². The Hall–Kier alpha value is -2.55. The van der Waals surface area contributed by atoms with Crippen molar-refractivity contribution in [3.05, 3.63) is 51.3 Å². The molecule has 8 atom stereocenters. The van der Waals surface area contributed by atoms with Crippen molar-refractivity contribution in [1.29, 1.82) is 5.26 Å². The fraction of sp³-hybridized carbons (Fsp3) is 0.471. The van der Waals surface area contributed by atoms with Gasteiger partial charge in [-0.3, -0.25) is 0 Å². The number of hydrogen-bond acceptors (Lipinski definition) is 3. The molecule has 8 rings (SSSR count). The Balaban J connectivity index is 1.58. The normalized spacial score (nSPS) is 48.0. The zero-order valence-corrected chi connectivity index (χ0v) is 12.0. The maximum atomic E-state index is 13.0. The first kappa shape index (κ1) is 11.1. The summed E-state index contributed by atoms with van der Waals surface area (Å²) in [6.07, 6.45) is 0. The van der Waals surface area contributed by atoms with Gasteiger partial charge in [0.25, 0.3) is 0 Å². The van der Waals surface area contributed by atoms with E-state index in [0.29, 0.717) is 35.3 Å². The molecule has 0 saturated heterocycles. The third kappa shape index (κ3) is 0.792. The van der Waals surface area contributed by atoms with Crippen molar-refractivity contribution >= 4 is 0 Å². The molecule has 1 aromatic heterocycles. The second kappa shape index (κ2) is 2.82. The Morgan fingerprint density at radius 3 is 2.43 bits per heavy atom. The molecule has 0 spiro atoms. The van der Waals surface area contributed by atoms with E-state index in [4.69, 9.17) is 0 Å². The second-order valence-corrected chi connectivity index (χ2v) is 7.69. The Bertz CT molecular complexity index is 1090. The highest BCUT2D eigenvalue weighted by Crippen LogP contribution is 2.96. The van der Waals surface area contributed by atoms with E-state index in [1.165, 1.54) is 4.57 Å². The summed E-state index contributed by atoms with van der Waals surface area (Å²) in [5, 5.41) is 9.77. The van der Waals surface area contributed by atoms with E-state index in [9.17, 15) is 14.9 Å². The van der Waals surface area contributed by atoms with E-state index in [0.717, 1.165) is 0 Å². The van der Waals surface area contributed by atoms with Crippen LogP contribution in [0.2, 0.25) is 0 Å². The Morgan fingerprint density at radius 2 is 1.70 bits per heavy atom. The highest BCUT2D eigenvalue weighted by atomic mass is 16.2. The summed E-state index contributed by atoms with van der Waals surface area (Å²) in [5.41, 5.74) is -0.259. The zero-order valence-electron chi connectivity index (χ0n) is 12.0. The minimum absolute atomic E-state index is 0.0739. The number of nitrogens with zero attached hydrogens (tertiary/aromatic N) is 4. The molecule has 1 aromatic carbocycles. The lowest BCUT2D eigenvalue weighted by molar-refractivity contribution is 0.0819. The second-order valence-electron chi connectivity index (χ2n) is 7.69. The standard InChI is InChI=1S/C17H12N4O2/c18-6-17-11-8-9-10(8)14(17)21-16(23)19(7-4-2-1-3-5-7)15(22)20(21)13(9)12(11)17/h1-5,8-14H/t8-,9-,10+,11-,12-,13-,14-,17-/m1/s1. The molecule has 0 unspecified atom stereocenters. The number of hydrogen-bond donors (Lipinski definition) is 0. The van der Waals surface area contributed by atoms with Gasteiger partial charge in [-0.2, -0.15) is 5.26 Å². The average molecular weight is 304 g/mol. The number of nitriles is 1. The number of benzene rings is 1. The summed E-state index contributed by atoms with van der Waals surface area (Å²) in [6, 6.07) is 11.6. The fourth-order valence-corrected chi connectivity index (χ4v) is 6.90. The van der Waals surface area contributed by atoms with Crippen molar-refractivity contribution in [1.82, 2.24) is 13.9 Å². The molecule has 0 amide bonds. The molecule has 3 heterocycles. The SMILES string of the molecule is N#C[C@]12[C@@H]3[C@@H]4[C@@H]5[C@H]4[C@H]1n1c(=O)n(-c4ccccc4)c(=O)n1[C@H]5[C@@H]32. The summed E-state index contributed by atoms with van der Waals surface area (Å²) in [6.45, 7) is 0. The van der Waals surface area contributed by atoms with Crippen LogP contribution in [0.15, 0.2) is 39.9 Å². The molecule has 2 bridgehead atoms. The smallest absolute Gasteiger partial charge is 0.245 e. The van der Waals surface area contributed by atoms with Crippen LogP contribution >= 0.6 is 0 Å². The predicted molar refractivity (Wildman–Crippen MR) is 77.9 cm³/mol. The fourth-order valence-electron chi connectivity index (χ4n) is 6.90. The molecular formula is C17H12N4O2. The van der Waals surface area contributed by atoms with Crippen LogP contribution in [0.1, 0.15) is 12.1 Å². The molecule has 112 valence electrons. The third-order valence-electron chi connectivity index (χ3n) is 7.36. The summed E-state index contributed by atoms with van der Waals surface area (Å²) in [5.74, 6) is 2.33. The van der Waals surface area contributed by atoms with Crippen LogP contribution in [-0.4, -0.2) is 13.9 Å². The van der Waals surface area contributed by atoms with Crippen molar-refractivity contribution in [3.63, 3.8) is 0 Å². The summed E-state index contributed by atoms with van der Waals surface area (Å²) >= 11 is 0. The average Bonchev–Trinajstić information content (AvgIpc) is 3.36. The van der Waals surface area contributed by atoms with Gasteiger partial charge in [-0.15, -0.1) is 0 Å². The third-order valence-corrected chi connectivity index (χ3v) is 7.36. The molecule has 6 nitrogen and oxygen atoms in total. The lowest BCUT2D eigenvalue weighted by atomic mass is 9.80. The minimum Gasteiger partial charge on any atom is -0.245 e. The van der Waals surface area contributed by atoms with E-state index in [-0.39, 0.29) is 28.9 Å². The molecule has 4 aliphatic carbocycles. The van der Waals surface area contributed by atoms with Gasteiger partial charge >= 0.3 is 11.4 Å². The number of para-hydroxylation sites is 1. The number of rotatable bonds is 1. The highest BCUT2D eigenvalue weighted by molar-refractivity contribution is 5.48. The van der Waals surface area contributed by atoms with Crippen molar-refractivity contribution in [3.8, 4) is 11.8 Å². The Morgan fingerprint density at radius 1 is 0.957 bits per heavy atom. The molecule has 4 fully saturated rings. The molecule has 0 N–H and O–H groups in total. The van der Waals surface area contributed by atoms with Crippen molar-refractivity contribution < 1.29 is 0 Å². The molecule has 23 heavy (non-hydrogen) atoms. The van der Waals surface area contributed by atoms with Gasteiger partial charge in [-0.25, -0.2) is 23.5 Å². The van der Waals surface area contributed by atoms with E-state index in [1.807, 2.05) is 18.2 Å². The maximum Gasteiger partial charge on any atom is 0.352 e. The molecule has 6 aliphatic rings. The van der Waals surface area contributed by atoms with Crippen LogP contribution in [0, 0.1) is 46.3 Å². The van der Waals surface area contributed by atoms with Crippen molar-refractivity contribution in [2.75, 3.05) is 0 Å². The molecule has 0 radical (unpaired) electrons. The topological polar surface area (TPSA) is 72.7 Å². The first-order chi connectivity index (χ1) is 11.2. The van der Waals surface area contributed by atoms with Crippen molar-refractivity contribution in [2.45, 2.75) is 12.1 Å². The van der Waals surface area contributed by atoms with Gasteiger partial charge in [0.2, 0.25) is 0 Å². The minimum atomic E-state index is -0.353. The van der Waals surface area contributed by atoms with Gasteiger partial charge in [0.05, 0.1) is 29.3 Å². The highest BCUT2D eigenvalue weighted by Gasteiger charge is 2.97. The molecule has 6 heteroatoms. The lowest BCUT2D eigenvalue weighted by Crippen LogP contribution is -2.48. The monoisotopic (exact) mass is 304 g/mol. The van der Waals surface area contributed by atoms with Crippen LogP contribution in [0.3, 0.4) is 0 Å². The van der Waals surface area contributed by atoms with Gasteiger partial charge in [0.1, 0.15) is 0 Å². The predicted octanol–water partition coefficient (Wildman–Crippen LogP) is 0.542. The van der Waals surface area contributed by atoms with Crippen LogP contribution in [0.4, 0.5) is 0 Å². The quantitative estimate of drug-likeness (QED) is 0.772. The first-order valence-corrected chi connectivity index (χ1v) is 8.16. The van der Waals surface area contributed by atoms with Crippen molar-refractivity contribution in [2.24, 2.45) is 35.0 Å². The first-order valence-electron chi connectivity index (χ1n) is 8.16. The van der Waals surface area contributed by atoms with E-state index >= 15 is 0 Å². The summed E-state index contributed by atoms with van der Waals surface area (Å²) in [4.78, 5) is 26.0. The molecule has 2 aromatic rings. The Labute approximate surface area is 130 Å². The van der Waals surface area contributed by atoms with Gasteiger partial charge in [0, 0.05) is 5.92 Å². The lowest BCUT2D eigenvalue weighted by Gasteiger charge is -2.39. The molecular weight excluding hydrogens is 292 g/mol. The van der Waals surface area contributed by atoms with E-state index < -0.39 is 0 Å². The summed E-state index contributed by atoms with van der Waals surface area (Å²) < 4.78 is 4.62. The van der Waals surface area contributed by atoms with Crippen LogP contribution in [-0.2, 0) is 0 Å². The molecule has 4 saturated carbocycles.